The van der Waals surface area contributed by atoms with Gasteiger partial charge >= 0.3 is 0 Å². The van der Waals surface area contributed by atoms with Gasteiger partial charge in [-0.15, -0.1) is 0 Å². The Hall–Kier alpha value is -2.69. The molecule has 0 saturated carbocycles. The molecule has 0 aromatic heterocycles. The zero-order valence-corrected chi connectivity index (χ0v) is 13.7. The van der Waals surface area contributed by atoms with Gasteiger partial charge in [0.15, 0.2) is 0 Å². The summed E-state index contributed by atoms with van der Waals surface area (Å²) in [6, 6.07) is 11.7. The van der Waals surface area contributed by atoms with Crippen LogP contribution in [0, 0.1) is 25.6 Å². The van der Waals surface area contributed by atoms with E-state index in [0.717, 1.165) is 16.8 Å². The molecule has 5 heteroatoms. The van der Waals surface area contributed by atoms with Crippen LogP contribution in [0.5, 0.6) is 0 Å². The summed E-state index contributed by atoms with van der Waals surface area (Å²) in [6.07, 6.45) is 0.161. The first-order valence-electron chi connectivity index (χ1n) is 7.88. The van der Waals surface area contributed by atoms with E-state index in [4.69, 9.17) is 0 Å². The lowest BCUT2D eigenvalue weighted by Crippen LogP contribution is -2.28. The SMILES string of the molecule is Cc1ccc(C)c(N2CC(C(=O)Nc3cccc(F)c3)CC2=O)c1. The van der Waals surface area contributed by atoms with E-state index < -0.39 is 11.7 Å². The van der Waals surface area contributed by atoms with Crippen molar-refractivity contribution < 1.29 is 14.0 Å². The van der Waals surface area contributed by atoms with E-state index in [1.165, 1.54) is 18.2 Å². The Morgan fingerprint density at radius 1 is 1.21 bits per heavy atom. The van der Waals surface area contributed by atoms with Crippen molar-refractivity contribution in [2.45, 2.75) is 20.3 Å². The van der Waals surface area contributed by atoms with E-state index in [-0.39, 0.29) is 18.2 Å². The summed E-state index contributed by atoms with van der Waals surface area (Å²) in [5.74, 6) is -1.18. The number of hydrogen-bond donors (Lipinski definition) is 1. The highest BCUT2D eigenvalue weighted by Gasteiger charge is 2.35. The van der Waals surface area contributed by atoms with Gasteiger partial charge in [0.2, 0.25) is 11.8 Å². The van der Waals surface area contributed by atoms with Gasteiger partial charge in [0.05, 0.1) is 5.92 Å². The zero-order valence-electron chi connectivity index (χ0n) is 13.7. The molecule has 3 rings (SSSR count). The molecule has 1 aliphatic rings. The van der Waals surface area contributed by atoms with Gasteiger partial charge < -0.3 is 10.2 Å². The summed E-state index contributed by atoms with van der Waals surface area (Å²) in [4.78, 5) is 26.4. The number of hydrogen-bond acceptors (Lipinski definition) is 2. The quantitative estimate of drug-likeness (QED) is 0.939. The van der Waals surface area contributed by atoms with E-state index in [9.17, 15) is 14.0 Å². The highest BCUT2D eigenvalue weighted by Crippen LogP contribution is 2.29. The molecule has 1 atom stereocenters. The zero-order chi connectivity index (χ0) is 17.3. The Morgan fingerprint density at radius 3 is 2.75 bits per heavy atom. The van der Waals surface area contributed by atoms with E-state index in [2.05, 4.69) is 5.32 Å². The van der Waals surface area contributed by atoms with Crippen LogP contribution < -0.4 is 10.2 Å². The van der Waals surface area contributed by atoms with Gasteiger partial charge in [0.25, 0.3) is 0 Å². The van der Waals surface area contributed by atoms with Crippen molar-refractivity contribution in [2.24, 2.45) is 5.92 Å². The topological polar surface area (TPSA) is 49.4 Å². The average molecular weight is 326 g/mol. The fourth-order valence-corrected chi connectivity index (χ4v) is 2.94. The van der Waals surface area contributed by atoms with Gasteiger partial charge in [-0.25, -0.2) is 4.39 Å². The van der Waals surface area contributed by atoms with Crippen molar-refractivity contribution in [3.8, 4) is 0 Å². The van der Waals surface area contributed by atoms with Crippen LogP contribution in [-0.4, -0.2) is 18.4 Å². The van der Waals surface area contributed by atoms with Crippen molar-refractivity contribution in [3.63, 3.8) is 0 Å². The first-order chi connectivity index (χ1) is 11.4. The van der Waals surface area contributed by atoms with Crippen LogP contribution in [0.4, 0.5) is 15.8 Å². The molecule has 0 bridgehead atoms. The maximum atomic E-state index is 13.2. The molecule has 1 N–H and O–H groups in total. The van der Waals surface area contributed by atoms with Gasteiger partial charge in [0.1, 0.15) is 5.82 Å². The molecule has 1 heterocycles. The number of benzene rings is 2. The Kier molecular flexibility index (Phi) is 4.34. The molecule has 4 nitrogen and oxygen atoms in total. The van der Waals surface area contributed by atoms with E-state index in [1.807, 2.05) is 32.0 Å². The van der Waals surface area contributed by atoms with E-state index in [1.54, 1.807) is 11.0 Å². The maximum Gasteiger partial charge on any atom is 0.229 e. The molecule has 1 saturated heterocycles. The van der Waals surface area contributed by atoms with Crippen molar-refractivity contribution in [3.05, 3.63) is 59.4 Å². The minimum Gasteiger partial charge on any atom is -0.326 e. The van der Waals surface area contributed by atoms with Crippen LogP contribution in [0.1, 0.15) is 17.5 Å². The first-order valence-corrected chi connectivity index (χ1v) is 7.88. The van der Waals surface area contributed by atoms with Gasteiger partial charge in [-0.1, -0.05) is 18.2 Å². The number of carbonyl (C=O) groups excluding carboxylic acids is 2. The van der Waals surface area contributed by atoms with Crippen LogP contribution in [0.25, 0.3) is 0 Å². The maximum absolute atomic E-state index is 13.2. The largest absolute Gasteiger partial charge is 0.326 e. The third-order valence-corrected chi connectivity index (χ3v) is 4.24. The van der Waals surface area contributed by atoms with Crippen LogP contribution in [-0.2, 0) is 9.59 Å². The first kappa shape index (κ1) is 16.2. The predicted octanol–water partition coefficient (Wildman–Crippen LogP) is 3.43. The fourth-order valence-electron chi connectivity index (χ4n) is 2.94. The fraction of sp³-hybridized carbons (Fsp3) is 0.263. The second-order valence-electron chi connectivity index (χ2n) is 6.19. The van der Waals surface area contributed by atoms with Gasteiger partial charge in [-0.3, -0.25) is 9.59 Å². The molecular formula is C19H19FN2O2. The van der Waals surface area contributed by atoms with E-state index in [0.29, 0.717) is 12.2 Å². The lowest BCUT2D eigenvalue weighted by atomic mass is 10.1. The lowest BCUT2D eigenvalue weighted by Gasteiger charge is -2.19. The van der Waals surface area contributed by atoms with Crippen LogP contribution in [0.3, 0.4) is 0 Å². The Morgan fingerprint density at radius 2 is 2.00 bits per heavy atom. The molecule has 1 fully saturated rings. The molecule has 2 amide bonds. The molecule has 1 unspecified atom stereocenters. The molecule has 0 radical (unpaired) electrons. The van der Waals surface area contributed by atoms with Crippen LogP contribution in [0.2, 0.25) is 0 Å². The van der Waals surface area contributed by atoms with Crippen molar-refractivity contribution in [2.75, 3.05) is 16.8 Å². The molecule has 2 aromatic carbocycles. The number of nitrogens with zero attached hydrogens (tertiary/aromatic N) is 1. The molecule has 0 aliphatic carbocycles. The highest BCUT2D eigenvalue weighted by molar-refractivity contribution is 6.03. The molecule has 124 valence electrons. The molecule has 24 heavy (non-hydrogen) atoms. The number of rotatable bonds is 3. The summed E-state index contributed by atoms with van der Waals surface area (Å²) in [7, 11) is 0. The molecule has 2 aromatic rings. The number of halogens is 1. The monoisotopic (exact) mass is 326 g/mol. The molecule has 1 aliphatic heterocycles. The number of carbonyl (C=O) groups is 2. The van der Waals surface area contributed by atoms with Crippen molar-refractivity contribution in [1.29, 1.82) is 0 Å². The predicted molar refractivity (Wildman–Crippen MR) is 91.4 cm³/mol. The summed E-state index contributed by atoms with van der Waals surface area (Å²) in [6.45, 7) is 4.25. The normalized spacial score (nSPS) is 17.2. The third-order valence-electron chi connectivity index (χ3n) is 4.24. The van der Waals surface area contributed by atoms with Crippen molar-refractivity contribution in [1.82, 2.24) is 0 Å². The third kappa shape index (κ3) is 3.30. The smallest absolute Gasteiger partial charge is 0.229 e. The standard InChI is InChI=1S/C19H19FN2O2/c1-12-6-7-13(2)17(8-12)22-11-14(9-18(22)23)19(24)21-16-5-3-4-15(20)10-16/h3-8,10,14H,9,11H2,1-2H3,(H,21,24). The Bertz CT molecular complexity index is 804. The second-order valence-corrected chi connectivity index (χ2v) is 6.19. The molecular weight excluding hydrogens is 307 g/mol. The van der Waals surface area contributed by atoms with Gasteiger partial charge in [-0.05, 0) is 49.2 Å². The number of aryl methyl sites for hydroxylation is 2. The number of nitrogens with one attached hydrogen (secondary N) is 1. The Balaban J connectivity index is 1.74. The summed E-state index contributed by atoms with van der Waals surface area (Å²) >= 11 is 0. The number of anilines is 2. The van der Waals surface area contributed by atoms with Crippen LogP contribution >= 0.6 is 0 Å². The average Bonchev–Trinajstić information content (AvgIpc) is 2.92. The van der Waals surface area contributed by atoms with Crippen LogP contribution in [0.15, 0.2) is 42.5 Å². The summed E-state index contributed by atoms with van der Waals surface area (Å²) in [5, 5.41) is 2.69. The lowest BCUT2D eigenvalue weighted by molar-refractivity contribution is -0.122. The molecule has 0 spiro atoms. The minimum absolute atomic E-state index is 0.0666. The van der Waals surface area contributed by atoms with Gasteiger partial charge in [0, 0.05) is 24.3 Å². The second kappa shape index (κ2) is 6.43. The Labute approximate surface area is 140 Å². The minimum atomic E-state index is -0.444. The number of amides is 2. The van der Waals surface area contributed by atoms with Crippen molar-refractivity contribution >= 4 is 23.2 Å². The highest BCUT2D eigenvalue weighted by atomic mass is 19.1. The van der Waals surface area contributed by atoms with E-state index >= 15 is 0 Å². The summed E-state index contributed by atoms with van der Waals surface area (Å²) < 4.78 is 13.2. The van der Waals surface area contributed by atoms with Gasteiger partial charge in [-0.2, -0.15) is 0 Å². The summed E-state index contributed by atoms with van der Waals surface area (Å²) in [5.41, 5.74) is 3.31.